The average Bonchev–Trinajstić information content (AvgIpc) is 2.16. The van der Waals surface area contributed by atoms with Crippen LogP contribution in [-0.4, -0.2) is 31.9 Å². The first-order valence-corrected chi connectivity index (χ1v) is 5.36. The molecule has 1 atom stereocenters. The molecule has 90 valence electrons. The third kappa shape index (κ3) is 3.47. The van der Waals surface area contributed by atoms with Gasteiger partial charge in [-0.05, 0) is 31.7 Å². The Balaban J connectivity index is 2.81. The van der Waals surface area contributed by atoms with Gasteiger partial charge in [0.15, 0.2) is 0 Å². The Hall–Kier alpha value is -1.13. The lowest BCUT2D eigenvalue weighted by Crippen LogP contribution is -2.27. The standard InChI is InChI=1S/C12H19FN2O/c1-9(16)8-15(3)12-5-4-10(7-14-2)6-11(12)13/h4-6,9,14,16H,7-8H2,1-3H3. The van der Waals surface area contributed by atoms with E-state index in [9.17, 15) is 9.50 Å². The summed E-state index contributed by atoms with van der Waals surface area (Å²) in [5.41, 5.74) is 1.43. The summed E-state index contributed by atoms with van der Waals surface area (Å²) >= 11 is 0. The number of halogens is 1. The van der Waals surface area contributed by atoms with Gasteiger partial charge in [0.05, 0.1) is 11.8 Å². The molecule has 0 spiro atoms. The van der Waals surface area contributed by atoms with Gasteiger partial charge in [-0.25, -0.2) is 4.39 Å². The minimum absolute atomic E-state index is 0.254. The fraction of sp³-hybridized carbons (Fsp3) is 0.500. The first-order chi connectivity index (χ1) is 7.54. The van der Waals surface area contributed by atoms with Crippen LogP contribution in [0, 0.1) is 5.82 Å². The number of aliphatic hydroxyl groups is 1. The summed E-state index contributed by atoms with van der Waals surface area (Å²) in [4.78, 5) is 1.71. The van der Waals surface area contributed by atoms with Crippen molar-refractivity contribution in [3.8, 4) is 0 Å². The van der Waals surface area contributed by atoms with E-state index in [0.29, 0.717) is 18.8 Å². The van der Waals surface area contributed by atoms with Crippen molar-refractivity contribution in [3.05, 3.63) is 29.6 Å². The van der Waals surface area contributed by atoms with Crippen molar-refractivity contribution < 1.29 is 9.50 Å². The Morgan fingerprint density at radius 1 is 1.50 bits per heavy atom. The van der Waals surface area contributed by atoms with Crippen LogP contribution in [0.25, 0.3) is 0 Å². The second kappa shape index (κ2) is 5.82. The predicted molar refractivity (Wildman–Crippen MR) is 64.1 cm³/mol. The van der Waals surface area contributed by atoms with E-state index in [1.807, 2.05) is 13.1 Å². The van der Waals surface area contributed by atoms with Gasteiger partial charge in [-0.1, -0.05) is 6.07 Å². The van der Waals surface area contributed by atoms with Crippen LogP contribution in [0.15, 0.2) is 18.2 Å². The predicted octanol–water partition coefficient (Wildman–Crippen LogP) is 1.36. The largest absolute Gasteiger partial charge is 0.392 e. The van der Waals surface area contributed by atoms with E-state index in [4.69, 9.17) is 0 Å². The maximum absolute atomic E-state index is 13.7. The van der Waals surface area contributed by atoms with Crippen molar-refractivity contribution in [2.45, 2.75) is 19.6 Å². The van der Waals surface area contributed by atoms with E-state index in [0.717, 1.165) is 5.56 Å². The quantitative estimate of drug-likeness (QED) is 0.796. The first kappa shape index (κ1) is 12.9. The third-order valence-electron chi connectivity index (χ3n) is 2.34. The van der Waals surface area contributed by atoms with Gasteiger partial charge in [0, 0.05) is 20.1 Å². The lowest BCUT2D eigenvalue weighted by atomic mass is 10.2. The SMILES string of the molecule is CNCc1ccc(N(C)CC(C)O)c(F)c1. The van der Waals surface area contributed by atoms with Crippen LogP contribution in [-0.2, 0) is 6.54 Å². The van der Waals surface area contributed by atoms with Gasteiger partial charge >= 0.3 is 0 Å². The van der Waals surface area contributed by atoms with E-state index in [2.05, 4.69) is 5.32 Å². The molecule has 0 amide bonds. The molecule has 1 aromatic carbocycles. The van der Waals surface area contributed by atoms with Crippen LogP contribution in [0.5, 0.6) is 0 Å². The summed E-state index contributed by atoms with van der Waals surface area (Å²) in [6.07, 6.45) is -0.471. The summed E-state index contributed by atoms with van der Waals surface area (Å²) in [5, 5.41) is 12.2. The van der Waals surface area contributed by atoms with Crippen LogP contribution >= 0.6 is 0 Å². The van der Waals surface area contributed by atoms with Crippen LogP contribution < -0.4 is 10.2 Å². The van der Waals surface area contributed by atoms with Gasteiger partial charge in [0.1, 0.15) is 5.82 Å². The summed E-state index contributed by atoms with van der Waals surface area (Å²) < 4.78 is 13.7. The van der Waals surface area contributed by atoms with Gasteiger partial charge in [0.2, 0.25) is 0 Å². The zero-order chi connectivity index (χ0) is 12.1. The van der Waals surface area contributed by atoms with Crippen molar-refractivity contribution in [1.29, 1.82) is 0 Å². The average molecular weight is 226 g/mol. The zero-order valence-corrected chi connectivity index (χ0v) is 10.00. The van der Waals surface area contributed by atoms with E-state index in [1.54, 1.807) is 24.9 Å². The number of anilines is 1. The van der Waals surface area contributed by atoms with Gasteiger partial charge in [-0.15, -0.1) is 0 Å². The number of nitrogens with zero attached hydrogens (tertiary/aromatic N) is 1. The molecule has 4 heteroatoms. The van der Waals surface area contributed by atoms with Gasteiger partial charge in [-0.3, -0.25) is 0 Å². The highest BCUT2D eigenvalue weighted by atomic mass is 19.1. The lowest BCUT2D eigenvalue weighted by molar-refractivity contribution is 0.201. The minimum atomic E-state index is -0.471. The maximum atomic E-state index is 13.7. The van der Waals surface area contributed by atoms with Gasteiger partial charge < -0.3 is 15.3 Å². The summed E-state index contributed by atoms with van der Waals surface area (Å²) in [6.45, 7) is 2.75. The number of benzene rings is 1. The topological polar surface area (TPSA) is 35.5 Å². The van der Waals surface area contributed by atoms with Gasteiger partial charge in [-0.2, -0.15) is 0 Å². The third-order valence-corrected chi connectivity index (χ3v) is 2.34. The number of aliphatic hydroxyl groups excluding tert-OH is 1. The summed E-state index contributed by atoms with van der Waals surface area (Å²) in [7, 11) is 3.59. The first-order valence-electron chi connectivity index (χ1n) is 5.36. The number of rotatable bonds is 5. The highest BCUT2D eigenvalue weighted by Crippen LogP contribution is 2.19. The molecule has 0 aliphatic heterocycles. The molecule has 1 rings (SSSR count). The fourth-order valence-electron chi connectivity index (χ4n) is 1.67. The van der Waals surface area contributed by atoms with Crippen molar-refractivity contribution >= 4 is 5.69 Å². The Labute approximate surface area is 95.9 Å². The van der Waals surface area contributed by atoms with E-state index in [-0.39, 0.29) is 5.82 Å². The molecule has 0 saturated carbocycles. The normalized spacial score (nSPS) is 12.6. The highest BCUT2D eigenvalue weighted by Gasteiger charge is 2.09. The van der Waals surface area contributed by atoms with Crippen molar-refractivity contribution in [2.75, 3.05) is 25.5 Å². The molecule has 3 nitrogen and oxygen atoms in total. The molecule has 0 aliphatic carbocycles. The Morgan fingerprint density at radius 3 is 2.69 bits per heavy atom. The highest BCUT2D eigenvalue weighted by molar-refractivity contribution is 5.48. The maximum Gasteiger partial charge on any atom is 0.146 e. The number of likely N-dealkylation sites (N-methyl/N-ethyl adjacent to an activating group) is 1. The van der Waals surface area contributed by atoms with Crippen LogP contribution in [0.4, 0.5) is 10.1 Å². The smallest absolute Gasteiger partial charge is 0.146 e. The van der Waals surface area contributed by atoms with E-state index < -0.39 is 6.10 Å². The lowest BCUT2D eigenvalue weighted by Gasteiger charge is -2.21. The van der Waals surface area contributed by atoms with Crippen molar-refractivity contribution in [1.82, 2.24) is 5.32 Å². The summed E-state index contributed by atoms with van der Waals surface area (Å²) in [5.74, 6) is -0.254. The molecule has 0 saturated heterocycles. The van der Waals surface area contributed by atoms with Gasteiger partial charge in [0.25, 0.3) is 0 Å². The molecular weight excluding hydrogens is 207 g/mol. The monoisotopic (exact) mass is 226 g/mol. The molecule has 0 aromatic heterocycles. The molecule has 1 unspecified atom stereocenters. The van der Waals surface area contributed by atoms with Crippen LogP contribution in [0.3, 0.4) is 0 Å². The summed E-state index contributed by atoms with van der Waals surface area (Å²) in [6, 6.07) is 5.14. The number of nitrogens with one attached hydrogen (secondary N) is 1. The molecule has 0 bridgehead atoms. The Kier molecular flexibility index (Phi) is 4.71. The van der Waals surface area contributed by atoms with E-state index >= 15 is 0 Å². The zero-order valence-electron chi connectivity index (χ0n) is 10.00. The molecular formula is C12H19FN2O. The molecule has 0 radical (unpaired) electrons. The number of hydrogen-bond acceptors (Lipinski definition) is 3. The Bertz CT molecular complexity index is 342. The van der Waals surface area contributed by atoms with E-state index in [1.165, 1.54) is 6.07 Å². The second-order valence-corrected chi connectivity index (χ2v) is 4.05. The molecule has 2 N–H and O–H groups in total. The second-order valence-electron chi connectivity index (χ2n) is 4.05. The molecule has 16 heavy (non-hydrogen) atoms. The molecule has 0 fully saturated rings. The Morgan fingerprint density at radius 2 is 2.19 bits per heavy atom. The van der Waals surface area contributed by atoms with Crippen molar-refractivity contribution in [2.24, 2.45) is 0 Å². The molecule has 0 heterocycles. The van der Waals surface area contributed by atoms with Crippen LogP contribution in [0.1, 0.15) is 12.5 Å². The molecule has 1 aromatic rings. The van der Waals surface area contributed by atoms with Crippen molar-refractivity contribution in [3.63, 3.8) is 0 Å². The van der Waals surface area contributed by atoms with Crippen LogP contribution in [0.2, 0.25) is 0 Å². The fourth-order valence-corrected chi connectivity index (χ4v) is 1.67. The minimum Gasteiger partial charge on any atom is -0.392 e. The molecule has 0 aliphatic rings. The number of hydrogen-bond donors (Lipinski definition) is 2.